The van der Waals surface area contributed by atoms with Gasteiger partial charge < -0.3 is 38.9 Å². The van der Waals surface area contributed by atoms with Gasteiger partial charge in [-0.15, -0.1) is 0 Å². The number of amides is 2. The predicted molar refractivity (Wildman–Crippen MR) is 157 cm³/mol. The number of nitrogens with zero attached hydrogens (tertiary/aromatic N) is 1. The molecular formula is C29H40N2O11S. The minimum atomic E-state index is -3.62. The average Bonchev–Trinajstić information content (AvgIpc) is 3.23. The van der Waals surface area contributed by atoms with Crippen molar-refractivity contribution in [3.05, 3.63) is 53.1 Å². The molecule has 0 fully saturated rings. The van der Waals surface area contributed by atoms with Crippen LogP contribution in [0.5, 0.6) is 11.5 Å². The third kappa shape index (κ3) is 10.2. The minimum absolute atomic E-state index is 0.0629. The van der Waals surface area contributed by atoms with E-state index in [9.17, 15) is 18.0 Å². The van der Waals surface area contributed by atoms with E-state index in [1.807, 2.05) is 0 Å². The van der Waals surface area contributed by atoms with Gasteiger partial charge in [-0.3, -0.25) is 14.5 Å². The molecular weight excluding hydrogens is 584 g/mol. The van der Waals surface area contributed by atoms with Crippen LogP contribution in [0.25, 0.3) is 0 Å². The van der Waals surface area contributed by atoms with Crippen LogP contribution in [0.1, 0.15) is 32.3 Å². The number of sulfone groups is 1. The zero-order valence-corrected chi connectivity index (χ0v) is 25.6. The normalized spacial score (nSPS) is 13.8. The summed E-state index contributed by atoms with van der Waals surface area (Å²) >= 11 is 0. The maximum Gasteiger partial charge on any atom is 0.264 e. The number of carbonyl (C=O) groups excluding carboxylic acids is 2. The number of fused-ring (bicyclic) bond motifs is 1. The standard InChI is InChI=1S/C29H40N2O11S/c1-36-9-10-38-11-12-39-13-14-40-15-16-41-17-18-42-26-19-21(7-8-25(26)37-2)24(20-43(3,34)35)31-28(32)22-5-4-6-23(30)27(22)29(31)33/h4-8,19,24H,9-18,20,30H2,1-3H3. The van der Waals surface area contributed by atoms with Crippen molar-refractivity contribution < 1.29 is 51.2 Å². The SMILES string of the molecule is COCCOCCOCCOCCOCCOc1cc(C(CS(C)(=O)=O)N2C(=O)c3cccc(N)c3C2=O)ccc1OC. The zero-order chi connectivity index (χ0) is 31.2. The number of imide groups is 1. The quantitative estimate of drug-likeness (QED) is 0.122. The van der Waals surface area contributed by atoms with E-state index >= 15 is 0 Å². The second-order valence-electron chi connectivity index (χ2n) is 9.56. The van der Waals surface area contributed by atoms with Crippen LogP contribution in [0.4, 0.5) is 5.69 Å². The lowest BCUT2D eigenvalue weighted by Crippen LogP contribution is -2.37. The van der Waals surface area contributed by atoms with Crippen LogP contribution in [0, 0.1) is 0 Å². The highest BCUT2D eigenvalue weighted by atomic mass is 32.2. The topological polar surface area (TPSA) is 162 Å². The number of methoxy groups -OCH3 is 2. The summed E-state index contributed by atoms with van der Waals surface area (Å²) in [7, 11) is -0.539. The van der Waals surface area contributed by atoms with E-state index < -0.39 is 33.4 Å². The molecule has 2 amide bonds. The minimum Gasteiger partial charge on any atom is -0.493 e. The molecule has 1 aliphatic heterocycles. The summed E-state index contributed by atoms with van der Waals surface area (Å²) in [5.74, 6) is -1.06. The average molecular weight is 625 g/mol. The van der Waals surface area contributed by atoms with E-state index in [0.29, 0.717) is 69.9 Å². The second-order valence-corrected chi connectivity index (χ2v) is 11.7. The van der Waals surface area contributed by atoms with E-state index in [0.717, 1.165) is 11.2 Å². The van der Waals surface area contributed by atoms with Crippen LogP contribution in [0.15, 0.2) is 36.4 Å². The highest BCUT2D eigenvalue weighted by Gasteiger charge is 2.43. The van der Waals surface area contributed by atoms with E-state index in [1.54, 1.807) is 31.4 Å². The number of nitrogens with two attached hydrogens (primary N) is 1. The Kier molecular flexibility index (Phi) is 13.6. The van der Waals surface area contributed by atoms with Crippen molar-refractivity contribution in [1.29, 1.82) is 0 Å². The lowest BCUT2D eigenvalue weighted by atomic mass is 10.1. The molecule has 13 nitrogen and oxygen atoms in total. The zero-order valence-electron chi connectivity index (χ0n) is 24.7. The molecule has 14 heteroatoms. The van der Waals surface area contributed by atoms with Crippen LogP contribution in [-0.4, -0.2) is 117 Å². The van der Waals surface area contributed by atoms with Crippen LogP contribution >= 0.6 is 0 Å². The van der Waals surface area contributed by atoms with Crippen molar-refractivity contribution in [2.75, 3.05) is 98.0 Å². The van der Waals surface area contributed by atoms with Crippen LogP contribution in [0.3, 0.4) is 0 Å². The molecule has 0 aromatic heterocycles. The molecule has 0 bridgehead atoms. The molecule has 43 heavy (non-hydrogen) atoms. The Balaban J connectivity index is 1.52. The summed E-state index contributed by atoms with van der Waals surface area (Å²) in [4.78, 5) is 27.5. The van der Waals surface area contributed by atoms with Crippen LogP contribution in [0.2, 0.25) is 0 Å². The highest BCUT2D eigenvalue weighted by molar-refractivity contribution is 7.90. The molecule has 0 radical (unpaired) electrons. The molecule has 1 atom stereocenters. The van der Waals surface area contributed by atoms with Crippen LogP contribution < -0.4 is 15.2 Å². The first-order valence-corrected chi connectivity index (χ1v) is 15.8. The van der Waals surface area contributed by atoms with Crippen molar-refractivity contribution >= 4 is 27.3 Å². The fourth-order valence-corrected chi connectivity index (χ4v) is 5.26. The van der Waals surface area contributed by atoms with Gasteiger partial charge in [-0.2, -0.15) is 0 Å². The third-order valence-electron chi connectivity index (χ3n) is 6.36. The summed E-state index contributed by atoms with van der Waals surface area (Å²) in [6.45, 7) is 4.06. The van der Waals surface area contributed by atoms with Crippen molar-refractivity contribution in [2.24, 2.45) is 0 Å². The summed E-state index contributed by atoms with van der Waals surface area (Å²) in [6, 6.07) is 8.22. The van der Waals surface area contributed by atoms with Gasteiger partial charge in [-0.25, -0.2) is 8.42 Å². The molecule has 1 heterocycles. The van der Waals surface area contributed by atoms with E-state index in [1.165, 1.54) is 19.2 Å². The van der Waals surface area contributed by atoms with E-state index in [2.05, 4.69) is 0 Å². The number of nitrogen functional groups attached to an aromatic ring is 1. The van der Waals surface area contributed by atoms with Crippen LogP contribution in [-0.2, 0) is 33.5 Å². The molecule has 2 aromatic carbocycles. The van der Waals surface area contributed by atoms with E-state index in [4.69, 9.17) is 38.9 Å². The first-order valence-electron chi connectivity index (χ1n) is 13.7. The first kappa shape index (κ1) is 34.2. The summed E-state index contributed by atoms with van der Waals surface area (Å²) in [5.41, 5.74) is 6.70. The number of hydrogen-bond acceptors (Lipinski definition) is 12. The molecule has 0 spiro atoms. The summed E-state index contributed by atoms with van der Waals surface area (Å²) in [6.07, 6.45) is 1.04. The highest BCUT2D eigenvalue weighted by Crippen LogP contribution is 2.38. The number of benzene rings is 2. The Labute approximate surface area is 252 Å². The Morgan fingerprint density at radius 1 is 0.767 bits per heavy atom. The molecule has 0 aliphatic carbocycles. The van der Waals surface area contributed by atoms with Crippen molar-refractivity contribution in [1.82, 2.24) is 4.90 Å². The number of hydrogen-bond donors (Lipinski definition) is 1. The summed E-state index contributed by atoms with van der Waals surface area (Å²) < 4.78 is 62.7. The molecule has 238 valence electrons. The number of rotatable bonds is 21. The smallest absolute Gasteiger partial charge is 0.264 e. The Morgan fingerprint density at radius 3 is 1.88 bits per heavy atom. The maximum absolute atomic E-state index is 13.3. The van der Waals surface area contributed by atoms with Gasteiger partial charge in [-0.1, -0.05) is 12.1 Å². The first-order chi connectivity index (χ1) is 20.7. The van der Waals surface area contributed by atoms with Gasteiger partial charge in [0.05, 0.1) is 89.5 Å². The Bertz CT molecular complexity index is 1320. The number of carbonyl (C=O) groups is 2. The Morgan fingerprint density at radius 2 is 1.35 bits per heavy atom. The fraction of sp³-hybridized carbons (Fsp3) is 0.517. The molecule has 0 saturated carbocycles. The fourth-order valence-electron chi connectivity index (χ4n) is 4.35. The van der Waals surface area contributed by atoms with Crippen molar-refractivity contribution in [3.63, 3.8) is 0 Å². The van der Waals surface area contributed by atoms with Gasteiger partial charge >= 0.3 is 0 Å². The van der Waals surface area contributed by atoms with Gasteiger partial charge in [0.15, 0.2) is 11.5 Å². The maximum atomic E-state index is 13.3. The van der Waals surface area contributed by atoms with Gasteiger partial charge in [0.1, 0.15) is 16.4 Å². The van der Waals surface area contributed by atoms with Gasteiger partial charge in [0.2, 0.25) is 0 Å². The van der Waals surface area contributed by atoms with E-state index in [-0.39, 0.29) is 30.0 Å². The third-order valence-corrected chi connectivity index (χ3v) is 7.28. The number of anilines is 1. The molecule has 2 aromatic rings. The summed E-state index contributed by atoms with van der Waals surface area (Å²) in [5, 5.41) is 0. The molecule has 1 unspecified atom stereocenters. The van der Waals surface area contributed by atoms with Gasteiger partial charge in [0, 0.05) is 19.1 Å². The Hall–Kier alpha value is -3.27. The molecule has 3 rings (SSSR count). The monoisotopic (exact) mass is 624 g/mol. The molecule has 1 aliphatic rings. The van der Waals surface area contributed by atoms with Gasteiger partial charge in [0.25, 0.3) is 11.8 Å². The molecule has 0 saturated heterocycles. The lowest BCUT2D eigenvalue weighted by Gasteiger charge is -2.27. The second kappa shape index (κ2) is 17.1. The molecule has 2 N–H and O–H groups in total. The number of ether oxygens (including phenoxy) is 7. The predicted octanol–water partition coefficient (Wildman–Crippen LogP) is 1.75. The largest absolute Gasteiger partial charge is 0.493 e. The van der Waals surface area contributed by atoms with Gasteiger partial charge in [-0.05, 0) is 29.8 Å². The van der Waals surface area contributed by atoms with Crippen molar-refractivity contribution in [3.8, 4) is 11.5 Å². The lowest BCUT2D eigenvalue weighted by molar-refractivity contribution is -0.00983. The van der Waals surface area contributed by atoms with Crippen molar-refractivity contribution in [2.45, 2.75) is 6.04 Å².